The minimum absolute atomic E-state index is 0.575. The molecule has 17 heavy (non-hydrogen) atoms. The van der Waals surface area contributed by atoms with E-state index >= 15 is 0 Å². The van der Waals surface area contributed by atoms with Crippen LogP contribution < -0.4 is 5.73 Å². The van der Waals surface area contributed by atoms with Gasteiger partial charge in [0.05, 0.1) is 9.26 Å². The van der Waals surface area contributed by atoms with E-state index < -0.39 is 0 Å². The van der Waals surface area contributed by atoms with Gasteiger partial charge in [-0.15, -0.1) is 0 Å². The van der Waals surface area contributed by atoms with E-state index in [-0.39, 0.29) is 0 Å². The smallest absolute Gasteiger partial charge is 0.140 e. The van der Waals surface area contributed by atoms with Crippen molar-refractivity contribution in [2.45, 2.75) is 51.9 Å². The van der Waals surface area contributed by atoms with Gasteiger partial charge >= 0.3 is 0 Å². The second-order valence-electron chi connectivity index (χ2n) is 5.30. The van der Waals surface area contributed by atoms with Crippen molar-refractivity contribution in [2.24, 2.45) is 5.92 Å². The molecule has 0 atom stereocenters. The molecule has 2 N–H and O–H groups in total. The third-order valence-corrected chi connectivity index (χ3v) is 4.39. The summed E-state index contributed by atoms with van der Waals surface area (Å²) in [5.74, 6) is 2.77. The van der Waals surface area contributed by atoms with Crippen LogP contribution >= 0.6 is 22.6 Å². The zero-order chi connectivity index (χ0) is 12.4. The Kier molecular flexibility index (Phi) is 4.22. The van der Waals surface area contributed by atoms with E-state index in [9.17, 15) is 0 Å². The van der Waals surface area contributed by atoms with Gasteiger partial charge in [-0.25, -0.2) is 9.97 Å². The third kappa shape index (κ3) is 3.09. The number of nitrogens with two attached hydrogens (primary N) is 1. The number of halogens is 1. The van der Waals surface area contributed by atoms with Crippen molar-refractivity contribution in [1.82, 2.24) is 9.97 Å². The molecule has 0 amide bonds. The summed E-state index contributed by atoms with van der Waals surface area (Å²) in [7, 11) is 0. The molecule has 3 nitrogen and oxygen atoms in total. The van der Waals surface area contributed by atoms with Gasteiger partial charge in [0.2, 0.25) is 0 Å². The molecule has 0 bridgehead atoms. The third-order valence-electron chi connectivity index (χ3n) is 3.28. The highest BCUT2D eigenvalue weighted by Gasteiger charge is 2.23. The second kappa shape index (κ2) is 5.50. The second-order valence-corrected chi connectivity index (χ2v) is 6.38. The minimum atomic E-state index is 0.575. The van der Waals surface area contributed by atoms with Crippen molar-refractivity contribution >= 4 is 28.4 Å². The van der Waals surface area contributed by atoms with Crippen molar-refractivity contribution < 1.29 is 0 Å². The largest absolute Gasteiger partial charge is 0.383 e. The molecule has 1 aliphatic carbocycles. The van der Waals surface area contributed by atoms with Gasteiger partial charge < -0.3 is 5.73 Å². The Morgan fingerprint density at radius 3 is 2.53 bits per heavy atom. The first kappa shape index (κ1) is 13.1. The first-order valence-electron chi connectivity index (χ1n) is 6.39. The highest BCUT2D eigenvalue weighted by atomic mass is 127. The van der Waals surface area contributed by atoms with E-state index in [0.29, 0.717) is 17.7 Å². The molecule has 1 heterocycles. The van der Waals surface area contributed by atoms with Crippen LogP contribution in [0, 0.1) is 9.49 Å². The lowest BCUT2D eigenvalue weighted by atomic mass is 10.0. The summed E-state index contributed by atoms with van der Waals surface area (Å²) >= 11 is 2.29. The summed E-state index contributed by atoms with van der Waals surface area (Å²) in [5.41, 5.74) is 7.21. The molecule has 0 radical (unpaired) electrons. The van der Waals surface area contributed by atoms with E-state index in [0.717, 1.165) is 15.8 Å². The summed E-state index contributed by atoms with van der Waals surface area (Å²) in [4.78, 5) is 9.16. The van der Waals surface area contributed by atoms with Crippen molar-refractivity contribution in [2.75, 3.05) is 5.73 Å². The molecular weight excluding hydrogens is 325 g/mol. The summed E-state index contributed by atoms with van der Waals surface area (Å²) in [6.07, 6.45) is 6.08. The van der Waals surface area contributed by atoms with Crippen LogP contribution in [0.1, 0.15) is 57.0 Å². The van der Waals surface area contributed by atoms with Gasteiger partial charge in [-0.1, -0.05) is 26.7 Å². The normalized spacial score (nSPS) is 16.9. The van der Waals surface area contributed by atoms with E-state index in [2.05, 4.69) is 41.4 Å². The first-order chi connectivity index (χ1) is 8.08. The van der Waals surface area contributed by atoms with Crippen LogP contribution in [-0.4, -0.2) is 9.97 Å². The predicted molar refractivity (Wildman–Crippen MR) is 78.9 cm³/mol. The Hall–Kier alpha value is -0.390. The van der Waals surface area contributed by atoms with Crippen LogP contribution in [0.25, 0.3) is 0 Å². The number of anilines is 1. The molecular formula is C13H20IN3. The zero-order valence-electron chi connectivity index (χ0n) is 10.5. The van der Waals surface area contributed by atoms with Crippen LogP contribution in [0.2, 0.25) is 0 Å². The van der Waals surface area contributed by atoms with Gasteiger partial charge in [-0.05, 0) is 41.4 Å². The Labute approximate surface area is 117 Å². The number of nitrogen functional groups attached to an aromatic ring is 1. The quantitative estimate of drug-likeness (QED) is 0.853. The van der Waals surface area contributed by atoms with Crippen LogP contribution in [0.5, 0.6) is 0 Å². The SMILES string of the molecule is CC(C)Cc1nc(N)c(I)c(C2CCCC2)n1. The summed E-state index contributed by atoms with van der Waals surface area (Å²) in [6.45, 7) is 4.37. The average Bonchev–Trinajstić information content (AvgIpc) is 2.75. The standard InChI is InChI=1S/C13H20IN3/c1-8(2)7-10-16-12(9-5-3-4-6-9)11(14)13(15)17-10/h8-9H,3-7H2,1-2H3,(H2,15,16,17). The Morgan fingerprint density at radius 1 is 1.29 bits per heavy atom. The van der Waals surface area contributed by atoms with Gasteiger partial charge in [-0.2, -0.15) is 0 Å². The van der Waals surface area contributed by atoms with Crippen LogP contribution in [-0.2, 0) is 6.42 Å². The monoisotopic (exact) mass is 345 g/mol. The molecule has 1 aromatic heterocycles. The average molecular weight is 345 g/mol. The van der Waals surface area contributed by atoms with Gasteiger partial charge in [-0.3, -0.25) is 0 Å². The van der Waals surface area contributed by atoms with Gasteiger partial charge in [0.15, 0.2) is 0 Å². The molecule has 2 rings (SSSR count). The Bertz CT molecular complexity index is 398. The molecule has 0 unspecified atom stereocenters. The van der Waals surface area contributed by atoms with Crippen LogP contribution in [0.15, 0.2) is 0 Å². The van der Waals surface area contributed by atoms with Gasteiger partial charge in [0.1, 0.15) is 11.6 Å². The van der Waals surface area contributed by atoms with Crippen molar-refractivity contribution in [3.8, 4) is 0 Å². The molecule has 94 valence electrons. The van der Waals surface area contributed by atoms with Crippen molar-refractivity contribution in [1.29, 1.82) is 0 Å². The molecule has 1 aromatic rings. The number of hydrogen-bond acceptors (Lipinski definition) is 3. The number of aromatic nitrogens is 2. The molecule has 1 saturated carbocycles. The minimum Gasteiger partial charge on any atom is -0.383 e. The van der Waals surface area contributed by atoms with Crippen LogP contribution in [0.3, 0.4) is 0 Å². The highest BCUT2D eigenvalue weighted by Crippen LogP contribution is 2.36. The molecule has 0 spiro atoms. The van der Waals surface area contributed by atoms with E-state index in [1.807, 2.05) is 0 Å². The number of rotatable bonds is 3. The number of nitrogens with zero attached hydrogens (tertiary/aromatic N) is 2. The van der Waals surface area contributed by atoms with Gasteiger partial charge in [0, 0.05) is 12.3 Å². The predicted octanol–water partition coefficient (Wildman–Crippen LogP) is 3.52. The zero-order valence-corrected chi connectivity index (χ0v) is 12.7. The topological polar surface area (TPSA) is 51.8 Å². The molecule has 0 aliphatic heterocycles. The lowest BCUT2D eigenvalue weighted by Crippen LogP contribution is -2.11. The maximum atomic E-state index is 6.01. The Balaban J connectivity index is 2.32. The fourth-order valence-electron chi connectivity index (χ4n) is 2.46. The van der Waals surface area contributed by atoms with Crippen LogP contribution in [0.4, 0.5) is 5.82 Å². The highest BCUT2D eigenvalue weighted by molar-refractivity contribution is 14.1. The maximum absolute atomic E-state index is 6.01. The summed E-state index contributed by atoms with van der Waals surface area (Å²) in [5, 5.41) is 0. The molecule has 0 saturated heterocycles. The lowest BCUT2D eigenvalue weighted by molar-refractivity contribution is 0.607. The fraction of sp³-hybridized carbons (Fsp3) is 0.692. The van der Waals surface area contributed by atoms with Crippen molar-refractivity contribution in [3.63, 3.8) is 0 Å². The van der Waals surface area contributed by atoms with E-state index in [1.54, 1.807) is 0 Å². The lowest BCUT2D eigenvalue weighted by Gasteiger charge is -2.14. The van der Waals surface area contributed by atoms with Crippen molar-refractivity contribution in [3.05, 3.63) is 15.1 Å². The van der Waals surface area contributed by atoms with E-state index in [4.69, 9.17) is 10.7 Å². The molecule has 1 aliphatic rings. The molecule has 1 fully saturated rings. The number of hydrogen-bond donors (Lipinski definition) is 1. The molecule has 0 aromatic carbocycles. The fourth-order valence-corrected chi connectivity index (χ4v) is 3.14. The molecule has 4 heteroatoms. The summed E-state index contributed by atoms with van der Waals surface area (Å²) in [6, 6.07) is 0. The first-order valence-corrected chi connectivity index (χ1v) is 7.47. The summed E-state index contributed by atoms with van der Waals surface area (Å²) < 4.78 is 1.07. The van der Waals surface area contributed by atoms with E-state index in [1.165, 1.54) is 31.4 Å². The van der Waals surface area contributed by atoms with Gasteiger partial charge in [0.25, 0.3) is 0 Å². The Morgan fingerprint density at radius 2 is 1.94 bits per heavy atom. The maximum Gasteiger partial charge on any atom is 0.140 e.